The van der Waals surface area contributed by atoms with Crippen LogP contribution in [0.1, 0.15) is 69.3 Å². The summed E-state index contributed by atoms with van der Waals surface area (Å²) in [4.78, 5) is 36.7. The summed E-state index contributed by atoms with van der Waals surface area (Å²) in [7, 11) is -2.89. The van der Waals surface area contributed by atoms with Crippen molar-refractivity contribution in [3.63, 3.8) is 0 Å². The van der Waals surface area contributed by atoms with E-state index in [9.17, 15) is 24.6 Å². The average molecular weight is 474 g/mol. The molecule has 7 nitrogen and oxygen atoms in total. The number of carbonyl (C=O) groups is 3. The van der Waals surface area contributed by atoms with Gasteiger partial charge >= 0.3 is 57.4 Å². The van der Waals surface area contributed by atoms with Gasteiger partial charge < -0.3 is 24.5 Å². The van der Waals surface area contributed by atoms with Crippen molar-refractivity contribution in [1.82, 2.24) is 0 Å². The summed E-state index contributed by atoms with van der Waals surface area (Å²) >= 11 is 0. The molecular weight excluding hydrogens is 439 g/mol. The van der Waals surface area contributed by atoms with Crippen LogP contribution in [-0.2, 0) is 23.9 Å². The average Bonchev–Trinajstić information content (AvgIpc) is 3.37. The van der Waals surface area contributed by atoms with Crippen LogP contribution < -0.4 is 56.5 Å². The number of epoxide rings is 1. The van der Waals surface area contributed by atoms with Crippen LogP contribution in [0, 0.1) is 28.6 Å². The van der Waals surface area contributed by atoms with Crippen LogP contribution in [0.3, 0.4) is 0 Å². The van der Waals surface area contributed by atoms with Gasteiger partial charge in [-0.2, -0.15) is 0 Å². The zero-order valence-electron chi connectivity index (χ0n) is 21.9. The van der Waals surface area contributed by atoms with E-state index in [0.717, 1.165) is 5.57 Å². The third-order valence-electron chi connectivity index (χ3n) is 9.84. The van der Waals surface area contributed by atoms with E-state index in [1.165, 1.54) is 0 Å². The molecule has 3 saturated carbocycles. The van der Waals surface area contributed by atoms with Gasteiger partial charge in [-0.15, -0.1) is 0 Å². The molecule has 1 spiro atoms. The molecule has 4 aliphatic carbocycles. The number of esters is 1. The minimum absolute atomic E-state index is 0. The zero-order chi connectivity index (χ0) is 24.9. The van der Waals surface area contributed by atoms with Crippen LogP contribution in [0.5, 0.6) is 0 Å². The number of ketones is 1. The van der Waals surface area contributed by atoms with Gasteiger partial charge in [0.2, 0.25) is 0 Å². The summed E-state index contributed by atoms with van der Waals surface area (Å²) in [6, 6.07) is 0. The molecule has 1 saturated heterocycles. The molecule has 0 amide bonds. The Morgan fingerprint density at radius 3 is 2.81 bits per heavy atom. The van der Waals surface area contributed by atoms with Crippen molar-refractivity contribution in [3.05, 3.63) is 11.6 Å². The quantitative estimate of drug-likeness (QED) is 0.294. The molecule has 0 aromatic carbocycles. The number of aliphatic hydroxyl groups is 1. The van der Waals surface area contributed by atoms with Crippen molar-refractivity contribution in [2.45, 2.75) is 82.5 Å². The van der Waals surface area contributed by atoms with E-state index in [1.54, 1.807) is 6.08 Å². The Balaban J connectivity index is 0.00000289. The summed E-state index contributed by atoms with van der Waals surface area (Å²) in [6.45, 7) is 4.01. The number of fused-ring (bicyclic) bond motifs is 3. The smallest absolute Gasteiger partial charge is 0.550 e. The van der Waals surface area contributed by atoms with E-state index in [0.29, 0.717) is 32.1 Å². The van der Waals surface area contributed by atoms with Crippen LogP contribution >= 0.6 is 0 Å². The molecule has 1 N–H and O–H groups in total. The number of hydrogen-bond donors (Lipinski definition) is 1. The van der Waals surface area contributed by atoms with Gasteiger partial charge in [0.05, 0.1) is 28.8 Å². The summed E-state index contributed by atoms with van der Waals surface area (Å²) in [5, 5.41) is 22.8. The zero-order valence-corrected chi connectivity index (χ0v) is 22.1. The Kier molecular flexibility index (Phi) is 5.28. The van der Waals surface area contributed by atoms with Gasteiger partial charge in [0.1, 0.15) is 5.60 Å². The molecule has 0 radical (unpaired) electrons. The van der Waals surface area contributed by atoms with Crippen LogP contribution in [0.2, 0.25) is 0 Å². The molecule has 4 fully saturated rings. The maximum Gasteiger partial charge on any atom is 1.00 e. The Bertz CT molecular complexity index is 998. The molecule has 0 unspecified atom stereocenters. The largest absolute Gasteiger partial charge is 1.00 e. The molecule has 0 aromatic heterocycles. The van der Waals surface area contributed by atoms with E-state index >= 15 is 0 Å². The second-order valence-corrected chi connectivity index (χ2v) is 10.8. The number of carboxylic acid groups (broad SMARTS) is 1. The molecule has 170 valence electrons. The van der Waals surface area contributed by atoms with E-state index in [-0.39, 0.29) is 88.5 Å². The number of methoxy groups -OCH3 is 1. The second kappa shape index (κ2) is 7.97. The van der Waals surface area contributed by atoms with E-state index in [4.69, 9.17) is 13.6 Å². The van der Waals surface area contributed by atoms with Crippen LogP contribution in [0.25, 0.3) is 0 Å². The first kappa shape index (κ1) is 21.2. The fraction of sp³-hybridized carbons (Fsp3) is 0.792. The molecule has 5 aliphatic rings. The minimum Gasteiger partial charge on any atom is -0.550 e. The normalized spacial score (nSPS) is 50.0. The molecule has 8 atom stereocenters. The standard InChI is InChI=1S/C24H32O7.K/c1-21-7-4-14(25)10-13(21)11-15(20(28)30-3)19-16-5-8-23(29,9-6-18(26)27)22(16,2)12-17-24(19,21)31-17;/h10,15-17,19,29H,4-9,11-12H2,1-3H3,(H,26,27);/q;+1/p-1/t15-,16+,17-,19+,21+,22+,23-,24-;/m1./s1/i3D3;. The predicted octanol–water partition coefficient (Wildman–Crippen LogP) is -1.69. The number of carboxylic acids is 1. The van der Waals surface area contributed by atoms with Crippen molar-refractivity contribution < 1.29 is 89.6 Å². The van der Waals surface area contributed by atoms with E-state index in [2.05, 4.69) is 6.92 Å². The Labute approximate surface area is 235 Å². The Morgan fingerprint density at radius 1 is 1.38 bits per heavy atom. The van der Waals surface area contributed by atoms with Gasteiger partial charge in [0.15, 0.2) is 5.78 Å². The van der Waals surface area contributed by atoms with Crippen molar-refractivity contribution in [2.75, 3.05) is 7.04 Å². The second-order valence-electron chi connectivity index (χ2n) is 10.8. The third-order valence-corrected chi connectivity index (χ3v) is 9.84. The SMILES string of the molecule is [2H]C([2H])([2H])OC(=O)[C@@H]1CC2=CC(=O)CC[C@]2(C)[C@@]23O[C@@H]2C[C@@]2(C)[C@@H](CC[C@@]2(O)CCC(=O)[O-])[C@H]13.[K+]. The summed E-state index contributed by atoms with van der Waals surface area (Å²) in [5.41, 5.74) is -2.37. The summed E-state index contributed by atoms with van der Waals surface area (Å²) in [6.07, 6.45) is 3.75. The van der Waals surface area contributed by atoms with E-state index in [1.807, 2.05) is 6.92 Å². The molecular formula is C24H31KO7. The molecule has 5 rings (SSSR count). The Hall–Kier alpha value is -0.0936. The number of carbonyl (C=O) groups excluding carboxylic acids is 3. The van der Waals surface area contributed by atoms with Crippen molar-refractivity contribution >= 4 is 17.7 Å². The van der Waals surface area contributed by atoms with Gasteiger partial charge in [-0.1, -0.05) is 19.4 Å². The summed E-state index contributed by atoms with van der Waals surface area (Å²) < 4.78 is 33.7. The summed E-state index contributed by atoms with van der Waals surface area (Å²) in [5.74, 6) is -3.50. The van der Waals surface area contributed by atoms with Crippen LogP contribution in [0.4, 0.5) is 0 Å². The minimum atomic E-state index is -2.89. The fourth-order valence-electron chi connectivity index (χ4n) is 8.14. The topological polar surface area (TPSA) is 116 Å². The maximum absolute atomic E-state index is 13.3. The maximum atomic E-state index is 13.3. The van der Waals surface area contributed by atoms with Gasteiger partial charge in [0.25, 0.3) is 0 Å². The van der Waals surface area contributed by atoms with Crippen molar-refractivity contribution in [1.29, 1.82) is 0 Å². The third kappa shape index (κ3) is 3.09. The molecule has 1 heterocycles. The van der Waals surface area contributed by atoms with Gasteiger partial charge in [0, 0.05) is 29.1 Å². The van der Waals surface area contributed by atoms with E-state index < -0.39 is 52.8 Å². The molecule has 32 heavy (non-hydrogen) atoms. The fourth-order valence-corrected chi connectivity index (χ4v) is 8.14. The van der Waals surface area contributed by atoms with Gasteiger partial charge in [-0.25, -0.2) is 0 Å². The first-order valence-electron chi connectivity index (χ1n) is 12.7. The van der Waals surface area contributed by atoms with Crippen molar-refractivity contribution in [3.8, 4) is 0 Å². The number of rotatable bonds is 4. The molecule has 0 bridgehead atoms. The van der Waals surface area contributed by atoms with Gasteiger partial charge in [-0.3, -0.25) is 9.59 Å². The van der Waals surface area contributed by atoms with Gasteiger partial charge in [-0.05, 0) is 56.9 Å². The number of ether oxygens (including phenoxy) is 2. The first-order chi connectivity index (χ1) is 15.7. The molecule has 1 aliphatic heterocycles. The van der Waals surface area contributed by atoms with Crippen LogP contribution in [-0.4, -0.2) is 47.2 Å². The molecule has 8 heteroatoms. The number of aliphatic carboxylic acids is 1. The number of hydrogen-bond acceptors (Lipinski definition) is 7. The first-order valence-corrected chi connectivity index (χ1v) is 11.2. The Morgan fingerprint density at radius 2 is 2.12 bits per heavy atom. The predicted molar refractivity (Wildman–Crippen MR) is 106 cm³/mol. The molecule has 0 aromatic rings. The van der Waals surface area contributed by atoms with Crippen LogP contribution in [0.15, 0.2) is 11.6 Å². The van der Waals surface area contributed by atoms with Crippen molar-refractivity contribution in [2.24, 2.45) is 28.6 Å². The monoisotopic (exact) mass is 473 g/mol.